The van der Waals surface area contributed by atoms with Crippen molar-refractivity contribution in [3.05, 3.63) is 0 Å². The predicted molar refractivity (Wildman–Crippen MR) is 59.2 cm³/mol. The summed E-state index contributed by atoms with van der Waals surface area (Å²) in [6.07, 6.45) is 0.00764. The van der Waals surface area contributed by atoms with E-state index in [9.17, 15) is 0 Å². The summed E-state index contributed by atoms with van der Waals surface area (Å²) in [5.41, 5.74) is 5.59. The first kappa shape index (κ1) is 11.8. The molecule has 1 fully saturated rings. The van der Waals surface area contributed by atoms with Crippen molar-refractivity contribution in [3.63, 3.8) is 0 Å². The third kappa shape index (κ3) is 2.88. The molecule has 3 N–H and O–H groups in total. The molecule has 82 valence electrons. The van der Waals surface area contributed by atoms with Crippen molar-refractivity contribution in [3.8, 4) is 0 Å². The summed E-state index contributed by atoms with van der Waals surface area (Å²) in [4.78, 5) is 2.65. The van der Waals surface area contributed by atoms with E-state index in [0.29, 0.717) is 11.5 Å². The van der Waals surface area contributed by atoms with Crippen LogP contribution in [0.4, 0.5) is 0 Å². The van der Waals surface area contributed by atoms with Gasteiger partial charge in [0.05, 0.1) is 29.8 Å². The van der Waals surface area contributed by atoms with Gasteiger partial charge in [-0.2, -0.15) is 0 Å². The highest BCUT2D eigenvalue weighted by molar-refractivity contribution is 7.80. The number of morpholine rings is 1. The Morgan fingerprint density at radius 3 is 2.86 bits per heavy atom. The van der Waals surface area contributed by atoms with Gasteiger partial charge in [0.25, 0.3) is 0 Å². The Balaban J connectivity index is 2.56. The summed E-state index contributed by atoms with van der Waals surface area (Å²) in [5, 5.41) is 9.03. The van der Waals surface area contributed by atoms with E-state index in [1.807, 2.05) is 13.8 Å². The molecule has 0 aromatic carbocycles. The van der Waals surface area contributed by atoms with Crippen LogP contribution >= 0.6 is 12.2 Å². The van der Waals surface area contributed by atoms with E-state index in [-0.39, 0.29) is 24.9 Å². The van der Waals surface area contributed by atoms with Gasteiger partial charge in [0.15, 0.2) is 0 Å². The largest absolute Gasteiger partial charge is 0.394 e. The van der Waals surface area contributed by atoms with E-state index in [2.05, 4.69) is 4.90 Å². The number of ether oxygens (including phenoxy) is 1. The highest BCUT2D eigenvalue weighted by atomic mass is 32.1. The lowest BCUT2D eigenvalue weighted by Gasteiger charge is -2.39. The maximum atomic E-state index is 9.03. The third-order valence-corrected chi connectivity index (χ3v) is 2.86. The quantitative estimate of drug-likeness (QED) is 0.639. The maximum absolute atomic E-state index is 9.03. The maximum Gasteiger partial charge on any atom is 0.0936 e. The highest BCUT2D eigenvalue weighted by Crippen LogP contribution is 2.13. The van der Waals surface area contributed by atoms with Crippen LogP contribution in [0.2, 0.25) is 0 Å². The normalized spacial score (nSPS) is 31.4. The van der Waals surface area contributed by atoms with E-state index in [1.54, 1.807) is 0 Å². The summed E-state index contributed by atoms with van der Waals surface area (Å²) in [6.45, 7) is 5.52. The van der Waals surface area contributed by atoms with Crippen molar-refractivity contribution in [1.29, 1.82) is 0 Å². The van der Waals surface area contributed by atoms with Crippen molar-refractivity contribution < 1.29 is 9.84 Å². The molecule has 0 radical (unpaired) electrons. The van der Waals surface area contributed by atoms with Crippen LogP contribution < -0.4 is 5.73 Å². The molecular formula is C9H18N2O2S. The second-order valence-corrected chi connectivity index (χ2v) is 4.25. The van der Waals surface area contributed by atoms with Gasteiger partial charge in [-0.15, -0.1) is 0 Å². The van der Waals surface area contributed by atoms with Gasteiger partial charge in [-0.1, -0.05) is 12.2 Å². The van der Waals surface area contributed by atoms with Gasteiger partial charge in [-0.25, -0.2) is 0 Å². The molecule has 1 aliphatic heterocycles. The Bertz CT molecular complexity index is 213. The second kappa shape index (κ2) is 5.02. The van der Waals surface area contributed by atoms with Crippen molar-refractivity contribution in [2.75, 3.05) is 19.7 Å². The Morgan fingerprint density at radius 2 is 2.36 bits per heavy atom. The molecule has 4 nitrogen and oxygen atoms in total. The molecule has 0 aromatic rings. The lowest BCUT2D eigenvalue weighted by atomic mass is 10.1. The molecule has 0 aliphatic carbocycles. The molecule has 1 rings (SSSR count). The number of hydrogen-bond donors (Lipinski definition) is 2. The number of aliphatic hydroxyl groups excluding tert-OH is 1. The highest BCUT2D eigenvalue weighted by Gasteiger charge is 2.28. The molecule has 0 aromatic heterocycles. The van der Waals surface area contributed by atoms with Crippen LogP contribution in [0.15, 0.2) is 0 Å². The van der Waals surface area contributed by atoms with Crippen molar-refractivity contribution in [2.45, 2.75) is 32.1 Å². The Morgan fingerprint density at radius 1 is 1.71 bits per heavy atom. The van der Waals surface area contributed by atoms with Crippen molar-refractivity contribution >= 4 is 17.2 Å². The van der Waals surface area contributed by atoms with Crippen LogP contribution in [0.1, 0.15) is 13.8 Å². The molecule has 0 bridgehead atoms. The summed E-state index contributed by atoms with van der Waals surface area (Å²) in [6, 6.07) is 0.0744. The minimum Gasteiger partial charge on any atom is -0.394 e. The fourth-order valence-corrected chi connectivity index (χ4v) is 1.83. The van der Waals surface area contributed by atoms with Crippen LogP contribution in [0, 0.1) is 0 Å². The number of thiocarbonyl (C=S) groups is 1. The number of hydrogen-bond acceptors (Lipinski definition) is 4. The summed E-state index contributed by atoms with van der Waals surface area (Å²) in [7, 11) is 0. The monoisotopic (exact) mass is 218 g/mol. The molecular weight excluding hydrogens is 200 g/mol. The van der Waals surface area contributed by atoms with Crippen LogP contribution in [0.3, 0.4) is 0 Å². The van der Waals surface area contributed by atoms with E-state index >= 15 is 0 Å². The van der Waals surface area contributed by atoms with Crippen LogP contribution in [-0.4, -0.2) is 52.9 Å². The number of nitrogens with two attached hydrogens (primary N) is 1. The van der Waals surface area contributed by atoms with E-state index in [1.165, 1.54) is 0 Å². The van der Waals surface area contributed by atoms with E-state index in [0.717, 1.165) is 6.54 Å². The zero-order valence-electron chi connectivity index (χ0n) is 8.64. The standard InChI is InChI=1S/C9H18N2O2S/c1-6-3-11(7(2)9(10)14)4-8(5-12)13-6/h6-8,12H,3-5H2,1-2H3,(H2,10,14). The number of nitrogens with zero attached hydrogens (tertiary/aromatic N) is 1. The second-order valence-electron chi connectivity index (χ2n) is 3.78. The van der Waals surface area contributed by atoms with Gasteiger partial charge in [0.2, 0.25) is 0 Å². The summed E-state index contributed by atoms with van der Waals surface area (Å²) < 4.78 is 5.52. The van der Waals surface area contributed by atoms with Crippen molar-refractivity contribution in [2.24, 2.45) is 5.73 Å². The van der Waals surface area contributed by atoms with Gasteiger partial charge >= 0.3 is 0 Å². The Kier molecular flexibility index (Phi) is 4.25. The summed E-state index contributed by atoms with van der Waals surface area (Å²) in [5.74, 6) is 0. The van der Waals surface area contributed by atoms with Gasteiger partial charge < -0.3 is 15.6 Å². The lowest BCUT2D eigenvalue weighted by Crippen LogP contribution is -2.54. The van der Waals surface area contributed by atoms with Gasteiger partial charge in [0, 0.05) is 13.1 Å². The fourth-order valence-electron chi connectivity index (χ4n) is 1.68. The van der Waals surface area contributed by atoms with Crippen LogP contribution in [0.5, 0.6) is 0 Å². The molecule has 0 amide bonds. The van der Waals surface area contributed by atoms with E-state index in [4.69, 9.17) is 27.8 Å². The third-order valence-electron chi connectivity index (χ3n) is 2.52. The van der Waals surface area contributed by atoms with E-state index < -0.39 is 0 Å². The Labute approximate surface area is 90.0 Å². The summed E-state index contributed by atoms with van der Waals surface area (Å²) >= 11 is 4.95. The minimum absolute atomic E-state index is 0.0465. The predicted octanol–water partition coefficient (Wildman–Crippen LogP) is -0.257. The smallest absolute Gasteiger partial charge is 0.0936 e. The molecule has 5 heteroatoms. The molecule has 1 heterocycles. The van der Waals surface area contributed by atoms with Gasteiger partial charge in [-0.05, 0) is 13.8 Å². The minimum atomic E-state index is -0.115. The first-order chi connectivity index (χ1) is 6.54. The average molecular weight is 218 g/mol. The molecule has 1 saturated heterocycles. The molecule has 0 spiro atoms. The average Bonchev–Trinajstić information content (AvgIpc) is 2.15. The number of aliphatic hydroxyl groups is 1. The van der Waals surface area contributed by atoms with Crippen LogP contribution in [0.25, 0.3) is 0 Å². The van der Waals surface area contributed by atoms with Gasteiger partial charge in [-0.3, -0.25) is 4.90 Å². The molecule has 0 saturated carbocycles. The molecule has 3 unspecified atom stereocenters. The zero-order chi connectivity index (χ0) is 10.7. The SMILES string of the molecule is CC1CN(C(C)C(N)=S)CC(CO)O1. The fraction of sp³-hybridized carbons (Fsp3) is 0.889. The molecule has 14 heavy (non-hydrogen) atoms. The van der Waals surface area contributed by atoms with Crippen LogP contribution in [-0.2, 0) is 4.74 Å². The van der Waals surface area contributed by atoms with Crippen molar-refractivity contribution in [1.82, 2.24) is 4.90 Å². The first-order valence-corrected chi connectivity index (χ1v) is 5.25. The molecule has 3 atom stereocenters. The topological polar surface area (TPSA) is 58.7 Å². The molecule has 1 aliphatic rings. The Hall–Kier alpha value is -0.230. The lowest BCUT2D eigenvalue weighted by molar-refractivity contribution is -0.0981. The van der Waals surface area contributed by atoms with Gasteiger partial charge in [0.1, 0.15) is 0 Å². The first-order valence-electron chi connectivity index (χ1n) is 4.84. The zero-order valence-corrected chi connectivity index (χ0v) is 9.46. The number of rotatable bonds is 3.